The van der Waals surface area contributed by atoms with E-state index in [9.17, 15) is 9.90 Å². The minimum Gasteiger partial charge on any atom is -0.444 e. The molecule has 4 aromatic rings. The van der Waals surface area contributed by atoms with Gasteiger partial charge in [0, 0.05) is 43.2 Å². The number of aliphatic hydroxyl groups is 2. The molecule has 0 aliphatic carbocycles. The highest BCUT2D eigenvalue weighted by Gasteiger charge is 2.26. The van der Waals surface area contributed by atoms with Gasteiger partial charge in [-0.1, -0.05) is 0 Å². The molecular weight excluding hydrogens is 442 g/mol. The predicted octanol–water partition coefficient (Wildman–Crippen LogP) is 1.81. The van der Waals surface area contributed by atoms with E-state index < -0.39 is 12.0 Å². The average molecular weight is 465 g/mol. The van der Waals surface area contributed by atoms with Crippen LogP contribution in [-0.4, -0.2) is 68.4 Å². The molecule has 0 saturated carbocycles. The smallest absolute Gasteiger partial charge is 0.297 e. The fourth-order valence-corrected chi connectivity index (χ4v) is 3.74. The Hall–Kier alpha value is -4.03. The zero-order valence-corrected chi connectivity index (χ0v) is 18.4. The minimum atomic E-state index is -0.485. The number of amides is 1. The van der Waals surface area contributed by atoms with Gasteiger partial charge in [0.15, 0.2) is 17.1 Å². The first kappa shape index (κ1) is 21.8. The molecule has 34 heavy (non-hydrogen) atoms. The quantitative estimate of drug-likeness (QED) is 0.315. The molecule has 0 unspecified atom stereocenters. The maximum atomic E-state index is 13.0. The molecule has 0 radical (unpaired) electrons. The Morgan fingerprint density at radius 1 is 1.29 bits per heavy atom. The Morgan fingerprint density at radius 2 is 2.18 bits per heavy atom. The molecule has 1 amide bonds. The van der Waals surface area contributed by atoms with Crippen molar-refractivity contribution in [3.63, 3.8) is 0 Å². The molecule has 12 heteroatoms. The molecule has 1 aliphatic rings. The molecule has 1 fully saturated rings. The first-order chi connectivity index (χ1) is 16.5. The van der Waals surface area contributed by atoms with Crippen molar-refractivity contribution < 1.29 is 23.8 Å². The second kappa shape index (κ2) is 9.08. The number of nitrogens with zero attached hydrogens (tertiary/aromatic N) is 5. The topological polar surface area (TPSA) is 163 Å². The third-order valence-electron chi connectivity index (χ3n) is 5.34. The Morgan fingerprint density at radius 3 is 2.94 bits per heavy atom. The van der Waals surface area contributed by atoms with Crippen molar-refractivity contribution in [2.24, 2.45) is 0 Å². The molecule has 1 atom stereocenters. The summed E-state index contributed by atoms with van der Waals surface area (Å²) in [5.74, 6) is 0.288. The number of oxazole rings is 2. The molecule has 5 rings (SSSR count). The monoisotopic (exact) mass is 465 g/mol. The van der Waals surface area contributed by atoms with Crippen LogP contribution in [0.1, 0.15) is 22.6 Å². The zero-order valence-electron chi connectivity index (χ0n) is 18.4. The summed E-state index contributed by atoms with van der Waals surface area (Å²) in [6.45, 7) is 3.00. The van der Waals surface area contributed by atoms with Gasteiger partial charge in [-0.25, -0.2) is 9.97 Å². The lowest BCUT2D eigenvalue weighted by molar-refractivity contribution is 0.102. The summed E-state index contributed by atoms with van der Waals surface area (Å²) in [5, 5.41) is 24.7. The Labute approximate surface area is 193 Å². The first-order valence-electron chi connectivity index (χ1n) is 10.8. The highest BCUT2D eigenvalue weighted by atomic mass is 16.4. The summed E-state index contributed by atoms with van der Waals surface area (Å²) in [4.78, 5) is 32.2. The van der Waals surface area contributed by atoms with E-state index in [2.05, 4.69) is 30.6 Å². The lowest BCUT2D eigenvalue weighted by atomic mass is 10.2. The van der Waals surface area contributed by atoms with Crippen molar-refractivity contribution in [2.75, 3.05) is 41.8 Å². The number of carbonyl (C=O) groups is 1. The number of carbonyl (C=O) groups excluding carboxylic acids is 1. The van der Waals surface area contributed by atoms with E-state index in [1.807, 2.05) is 17.9 Å². The summed E-state index contributed by atoms with van der Waals surface area (Å²) in [5.41, 5.74) is 2.70. The highest BCUT2D eigenvalue weighted by molar-refractivity contribution is 6.05. The lowest BCUT2D eigenvalue weighted by Crippen LogP contribution is -2.24. The number of aromatic nitrogens is 4. The standard InChI is InChI=1S/C22H23N7O5/c1-12-8-13(2-4-23-12)21-26-16(11-33-21)20(32)25-15-9-17-18(28-22(34-17)24-5-7-30)27-19(15)29-6-3-14(31)10-29/h2,4,8-9,11,14,30-31H,3,5-7,10H2,1H3,(H,25,32)(H,24,27,28)/t14-/m0/s1. The Bertz CT molecular complexity index is 1330. The molecule has 4 N–H and O–H groups in total. The van der Waals surface area contributed by atoms with E-state index in [-0.39, 0.29) is 24.9 Å². The van der Waals surface area contributed by atoms with Crippen molar-refractivity contribution in [1.82, 2.24) is 19.9 Å². The van der Waals surface area contributed by atoms with Gasteiger partial charge in [0.05, 0.1) is 18.4 Å². The minimum absolute atomic E-state index is 0.0802. The summed E-state index contributed by atoms with van der Waals surface area (Å²) in [7, 11) is 0. The molecule has 1 aliphatic heterocycles. The van der Waals surface area contributed by atoms with Gasteiger partial charge in [-0.15, -0.1) is 0 Å². The molecule has 4 aromatic heterocycles. The van der Waals surface area contributed by atoms with Crippen LogP contribution in [0, 0.1) is 6.92 Å². The van der Waals surface area contributed by atoms with E-state index in [1.54, 1.807) is 18.3 Å². The van der Waals surface area contributed by atoms with Crippen molar-refractivity contribution in [3.8, 4) is 11.5 Å². The second-order valence-electron chi connectivity index (χ2n) is 7.92. The number of hydrogen-bond donors (Lipinski definition) is 4. The summed E-state index contributed by atoms with van der Waals surface area (Å²) in [6, 6.07) is 5.40. The number of nitrogens with one attached hydrogen (secondary N) is 2. The van der Waals surface area contributed by atoms with Gasteiger partial charge < -0.3 is 34.6 Å². The molecule has 176 valence electrons. The maximum Gasteiger partial charge on any atom is 0.297 e. The fourth-order valence-electron chi connectivity index (χ4n) is 3.74. The number of rotatable bonds is 7. The van der Waals surface area contributed by atoms with E-state index in [0.29, 0.717) is 53.7 Å². The number of anilines is 3. The average Bonchev–Trinajstić information content (AvgIpc) is 3.56. The molecule has 0 spiro atoms. The summed E-state index contributed by atoms with van der Waals surface area (Å²) in [6.07, 6.45) is 3.04. The van der Waals surface area contributed by atoms with Crippen LogP contribution in [0.3, 0.4) is 0 Å². The number of fused-ring (bicyclic) bond motifs is 1. The van der Waals surface area contributed by atoms with E-state index in [0.717, 1.165) is 5.69 Å². The molecule has 0 aromatic carbocycles. The van der Waals surface area contributed by atoms with Gasteiger partial charge in [0.1, 0.15) is 6.26 Å². The van der Waals surface area contributed by atoms with Gasteiger partial charge in [-0.3, -0.25) is 9.78 Å². The van der Waals surface area contributed by atoms with Crippen LogP contribution in [0.25, 0.3) is 22.7 Å². The van der Waals surface area contributed by atoms with Crippen molar-refractivity contribution >= 4 is 34.7 Å². The van der Waals surface area contributed by atoms with E-state index >= 15 is 0 Å². The fraction of sp³-hybridized carbons (Fsp3) is 0.318. The van der Waals surface area contributed by atoms with Gasteiger partial charge in [0.25, 0.3) is 11.9 Å². The molecule has 1 saturated heterocycles. The van der Waals surface area contributed by atoms with E-state index in [4.69, 9.17) is 13.9 Å². The molecule has 0 bridgehead atoms. The van der Waals surface area contributed by atoms with Crippen molar-refractivity contribution in [2.45, 2.75) is 19.4 Å². The Balaban J connectivity index is 1.45. The van der Waals surface area contributed by atoms with Crippen LogP contribution < -0.4 is 15.5 Å². The number of aliphatic hydroxyl groups excluding tert-OH is 2. The van der Waals surface area contributed by atoms with Crippen LogP contribution in [-0.2, 0) is 0 Å². The van der Waals surface area contributed by atoms with Crippen LogP contribution in [0.5, 0.6) is 0 Å². The van der Waals surface area contributed by atoms with Crippen molar-refractivity contribution in [1.29, 1.82) is 0 Å². The van der Waals surface area contributed by atoms with Crippen LogP contribution in [0.2, 0.25) is 0 Å². The molecule has 5 heterocycles. The summed E-state index contributed by atoms with van der Waals surface area (Å²) >= 11 is 0. The lowest BCUT2D eigenvalue weighted by Gasteiger charge is -2.19. The number of aryl methyl sites for hydroxylation is 1. The largest absolute Gasteiger partial charge is 0.444 e. The molecule has 12 nitrogen and oxygen atoms in total. The number of β-amino-alcohol motifs (C(OH)–C–C–N with tert-alkyl or cyclic N) is 1. The van der Waals surface area contributed by atoms with Crippen LogP contribution in [0.15, 0.2) is 39.5 Å². The molecular formula is C22H23N7O5. The van der Waals surface area contributed by atoms with Gasteiger partial charge in [-0.2, -0.15) is 4.98 Å². The van der Waals surface area contributed by atoms with Gasteiger partial charge in [-0.05, 0) is 25.5 Å². The predicted molar refractivity (Wildman–Crippen MR) is 123 cm³/mol. The maximum absolute atomic E-state index is 13.0. The SMILES string of the molecule is Cc1cc(-c2nc(C(=O)Nc3cc4oc(NCCO)nc4nc3N3CC[C@H](O)C3)co2)ccn1. The van der Waals surface area contributed by atoms with Crippen LogP contribution >= 0.6 is 0 Å². The first-order valence-corrected chi connectivity index (χ1v) is 10.8. The zero-order chi connectivity index (χ0) is 23.7. The Kier molecular flexibility index (Phi) is 5.82. The van der Waals surface area contributed by atoms with Gasteiger partial charge >= 0.3 is 0 Å². The third kappa shape index (κ3) is 4.40. The summed E-state index contributed by atoms with van der Waals surface area (Å²) < 4.78 is 11.2. The van der Waals surface area contributed by atoms with E-state index in [1.165, 1.54) is 6.26 Å². The highest BCUT2D eigenvalue weighted by Crippen LogP contribution is 2.32. The van der Waals surface area contributed by atoms with Crippen LogP contribution in [0.4, 0.5) is 17.5 Å². The number of pyridine rings is 2. The second-order valence-corrected chi connectivity index (χ2v) is 7.92. The van der Waals surface area contributed by atoms with Crippen molar-refractivity contribution in [3.05, 3.63) is 42.0 Å². The normalized spacial score (nSPS) is 15.7. The third-order valence-corrected chi connectivity index (χ3v) is 5.34. The number of hydrogen-bond acceptors (Lipinski definition) is 11. The van der Waals surface area contributed by atoms with Gasteiger partial charge in [0.2, 0.25) is 11.5 Å².